The molecule has 0 aliphatic heterocycles. The molecule has 1 N–H and O–H groups in total. The van der Waals surface area contributed by atoms with E-state index in [4.69, 9.17) is 27.9 Å². The zero-order valence-corrected chi connectivity index (χ0v) is 15.3. The van der Waals surface area contributed by atoms with Gasteiger partial charge in [0.2, 0.25) is 0 Å². The maximum absolute atomic E-state index is 12.5. The zero-order chi connectivity index (χ0) is 17.3. The zero-order valence-electron chi connectivity index (χ0n) is 12.9. The van der Waals surface area contributed by atoms with Gasteiger partial charge >= 0.3 is 5.97 Å². The van der Waals surface area contributed by atoms with Crippen LogP contribution in [0.3, 0.4) is 0 Å². The average molecular weight is 384 g/mol. The number of carbonyl (C=O) groups excluding carboxylic acids is 2. The van der Waals surface area contributed by atoms with Gasteiger partial charge in [-0.2, -0.15) is 0 Å². The minimum atomic E-state index is -0.392. The molecule has 0 bridgehead atoms. The second-order valence-corrected chi connectivity index (χ2v) is 7.37. The SMILES string of the molecule is CCOC(=O)c1c(NC(=O)c2cc(Cl)cc(Cl)c2)sc2c1CCC2. The van der Waals surface area contributed by atoms with Gasteiger partial charge in [-0.1, -0.05) is 23.2 Å². The lowest BCUT2D eigenvalue weighted by Crippen LogP contribution is -2.15. The minimum Gasteiger partial charge on any atom is -0.462 e. The molecule has 0 radical (unpaired) electrons. The lowest BCUT2D eigenvalue weighted by atomic mass is 10.1. The Labute approximate surface area is 153 Å². The van der Waals surface area contributed by atoms with Crippen LogP contribution in [0, 0.1) is 0 Å². The van der Waals surface area contributed by atoms with E-state index in [1.807, 2.05) is 0 Å². The van der Waals surface area contributed by atoms with Gasteiger partial charge in [0.1, 0.15) is 5.00 Å². The summed E-state index contributed by atoms with van der Waals surface area (Å²) in [5.41, 5.74) is 1.82. The van der Waals surface area contributed by atoms with Gasteiger partial charge in [-0.3, -0.25) is 4.79 Å². The highest BCUT2D eigenvalue weighted by atomic mass is 35.5. The standard InChI is InChI=1S/C17H15Cl2NO3S/c1-2-23-17(22)14-12-4-3-5-13(12)24-16(14)20-15(21)9-6-10(18)8-11(19)7-9/h6-8H,2-5H2,1H3,(H,20,21). The van der Waals surface area contributed by atoms with Crippen LogP contribution in [-0.2, 0) is 17.6 Å². The van der Waals surface area contributed by atoms with Crippen molar-refractivity contribution in [3.05, 3.63) is 49.8 Å². The molecule has 1 aromatic heterocycles. The monoisotopic (exact) mass is 383 g/mol. The molecule has 24 heavy (non-hydrogen) atoms. The summed E-state index contributed by atoms with van der Waals surface area (Å²) < 4.78 is 5.15. The first-order valence-electron chi connectivity index (χ1n) is 7.58. The molecule has 7 heteroatoms. The molecule has 1 aromatic carbocycles. The topological polar surface area (TPSA) is 55.4 Å². The lowest BCUT2D eigenvalue weighted by Gasteiger charge is -2.08. The van der Waals surface area contributed by atoms with Crippen LogP contribution in [-0.4, -0.2) is 18.5 Å². The Bertz CT molecular complexity index is 796. The smallest absolute Gasteiger partial charge is 0.341 e. The number of amides is 1. The Morgan fingerprint density at radius 2 is 1.92 bits per heavy atom. The van der Waals surface area contributed by atoms with Crippen molar-refractivity contribution >= 4 is 51.4 Å². The summed E-state index contributed by atoms with van der Waals surface area (Å²) in [5, 5.41) is 4.10. The van der Waals surface area contributed by atoms with Gasteiger partial charge in [-0.25, -0.2) is 4.79 Å². The predicted molar refractivity (Wildman–Crippen MR) is 96.7 cm³/mol. The molecule has 126 valence electrons. The fraction of sp³-hybridized carbons (Fsp3) is 0.294. The summed E-state index contributed by atoms with van der Waals surface area (Å²) in [6.45, 7) is 2.05. The summed E-state index contributed by atoms with van der Waals surface area (Å²) in [6, 6.07) is 4.63. The molecule has 0 unspecified atom stereocenters. The highest BCUT2D eigenvalue weighted by molar-refractivity contribution is 7.17. The number of hydrogen-bond donors (Lipinski definition) is 1. The van der Waals surface area contributed by atoms with E-state index in [1.165, 1.54) is 23.5 Å². The molecular weight excluding hydrogens is 369 g/mol. The molecule has 1 aliphatic carbocycles. The largest absolute Gasteiger partial charge is 0.462 e. The van der Waals surface area contributed by atoms with Crippen LogP contribution in [0.2, 0.25) is 10.0 Å². The Balaban J connectivity index is 1.92. The lowest BCUT2D eigenvalue weighted by molar-refractivity contribution is 0.0527. The van der Waals surface area contributed by atoms with Crippen molar-refractivity contribution in [2.45, 2.75) is 26.2 Å². The summed E-state index contributed by atoms with van der Waals surface area (Å²) in [7, 11) is 0. The second kappa shape index (κ2) is 7.13. The number of esters is 1. The molecule has 0 saturated carbocycles. The van der Waals surface area contributed by atoms with E-state index in [1.54, 1.807) is 13.0 Å². The van der Waals surface area contributed by atoms with Crippen molar-refractivity contribution < 1.29 is 14.3 Å². The molecule has 1 amide bonds. The van der Waals surface area contributed by atoms with E-state index in [0.29, 0.717) is 32.8 Å². The number of aryl methyl sites for hydroxylation is 1. The number of hydrogen-bond acceptors (Lipinski definition) is 4. The number of carbonyl (C=O) groups is 2. The van der Waals surface area contributed by atoms with E-state index in [-0.39, 0.29) is 5.91 Å². The van der Waals surface area contributed by atoms with Gasteiger partial charge in [0, 0.05) is 20.5 Å². The van der Waals surface area contributed by atoms with E-state index in [0.717, 1.165) is 29.7 Å². The van der Waals surface area contributed by atoms with Crippen LogP contribution in [0.5, 0.6) is 0 Å². The molecule has 2 aromatic rings. The van der Waals surface area contributed by atoms with Crippen LogP contribution < -0.4 is 5.32 Å². The number of ether oxygens (including phenoxy) is 1. The van der Waals surface area contributed by atoms with Crippen LogP contribution in [0.4, 0.5) is 5.00 Å². The van der Waals surface area contributed by atoms with Crippen LogP contribution >= 0.6 is 34.5 Å². The number of fused-ring (bicyclic) bond motifs is 1. The van der Waals surface area contributed by atoms with Crippen LogP contribution in [0.15, 0.2) is 18.2 Å². The van der Waals surface area contributed by atoms with Crippen LogP contribution in [0.1, 0.15) is 44.5 Å². The van der Waals surface area contributed by atoms with Crippen molar-refractivity contribution in [3.63, 3.8) is 0 Å². The number of nitrogens with one attached hydrogen (secondary N) is 1. The maximum Gasteiger partial charge on any atom is 0.341 e. The summed E-state index contributed by atoms with van der Waals surface area (Å²) in [4.78, 5) is 25.9. The highest BCUT2D eigenvalue weighted by Gasteiger charge is 2.28. The fourth-order valence-corrected chi connectivity index (χ4v) is 4.57. The first-order valence-corrected chi connectivity index (χ1v) is 9.16. The van der Waals surface area contributed by atoms with Crippen molar-refractivity contribution in [1.29, 1.82) is 0 Å². The van der Waals surface area contributed by atoms with Gasteiger partial charge in [0.05, 0.1) is 12.2 Å². The first kappa shape index (κ1) is 17.3. The average Bonchev–Trinajstić information content (AvgIpc) is 3.06. The molecule has 0 atom stereocenters. The normalized spacial score (nSPS) is 12.8. The third kappa shape index (κ3) is 3.43. The summed E-state index contributed by atoms with van der Waals surface area (Å²) >= 11 is 13.3. The molecule has 0 saturated heterocycles. The Hall–Kier alpha value is -1.56. The van der Waals surface area contributed by atoms with Crippen molar-refractivity contribution in [1.82, 2.24) is 0 Å². The number of anilines is 1. The molecule has 4 nitrogen and oxygen atoms in total. The third-order valence-corrected chi connectivity index (χ3v) is 5.40. The summed E-state index contributed by atoms with van der Waals surface area (Å²) in [6.07, 6.45) is 2.77. The fourth-order valence-electron chi connectivity index (χ4n) is 2.77. The van der Waals surface area contributed by atoms with Gasteiger partial charge < -0.3 is 10.1 Å². The Morgan fingerprint density at radius 1 is 1.21 bits per heavy atom. The van der Waals surface area contributed by atoms with E-state index < -0.39 is 5.97 Å². The molecule has 1 aliphatic rings. The number of halogens is 2. The molecular formula is C17H15Cl2NO3S. The van der Waals surface area contributed by atoms with Gasteiger partial charge in [0.25, 0.3) is 5.91 Å². The van der Waals surface area contributed by atoms with Gasteiger partial charge in [-0.05, 0) is 49.9 Å². The predicted octanol–water partition coefficient (Wildman–Crippen LogP) is 4.97. The molecule has 1 heterocycles. The first-order chi connectivity index (χ1) is 11.5. The Morgan fingerprint density at radius 3 is 2.58 bits per heavy atom. The molecule has 0 fully saturated rings. The highest BCUT2D eigenvalue weighted by Crippen LogP contribution is 2.39. The number of thiophene rings is 1. The second-order valence-electron chi connectivity index (χ2n) is 5.39. The van der Waals surface area contributed by atoms with E-state index in [9.17, 15) is 9.59 Å². The Kier molecular flexibility index (Phi) is 5.13. The third-order valence-electron chi connectivity index (χ3n) is 3.75. The summed E-state index contributed by atoms with van der Waals surface area (Å²) in [5.74, 6) is -0.749. The minimum absolute atomic E-state index is 0.292. The van der Waals surface area contributed by atoms with E-state index in [2.05, 4.69) is 5.32 Å². The number of benzene rings is 1. The maximum atomic E-state index is 12.5. The van der Waals surface area contributed by atoms with Crippen LogP contribution in [0.25, 0.3) is 0 Å². The van der Waals surface area contributed by atoms with Crippen molar-refractivity contribution in [3.8, 4) is 0 Å². The quantitative estimate of drug-likeness (QED) is 0.757. The van der Waals surface area contributed by atoms with Crippen molar-refractivity contribution in [2.24, 2.45) is 0 Å². The molecule has 3 rings (SSSR count). The van der Waals surface area contributed by atoms with Gasteiger partial charge in [-0.15, -0.1) is 11.3 Å². The van der Waals surface area contributed by atoms with E-state index >= 15 is 0 Å². The van der Waals surface area contributed by atoms with Crippen molar-refractivity contribution in [2.75, 3.05) is 11.9 Å². The molecule has 0 spiro atoms. The van der Waals surface area contributed by atoms with Gasteiger partial charge in [0.15, 0.2) is 0 Å². The number of rotatable bonds is 4.